The first-order chi connectivity index (χ1) is 9.22. The van der Waals surface area contributed by atoms with Gasteiger partial charge in [0.15, 0.2) is 0 Å². The van der Waals surface area contributed by atoms with Crippen molar-refractivity contribution in [2.24, 2.45) is 0 Å². The van der Waals surface area contributed by atoms with Gasteiger partial charge in [0.25, 0.3) is 0 Å². The van der Waals surface area contributed by atoms with Gasteiger partial charge in [-0.3, -0.25) is 0 Å². The summed E-state index contributed by atoms with van der Waals surface area (Å²) in [5.74, 6) is 0. The van der Waals surface area contributed by atoms with Crippen molar-refractivity contribution in [3.05, 3.63) is 58.3 Å². The molecule has 3 rings (SSSR count). The van der Waals surface area contributed by atoms with Gasteiger partial charge in [0.1, 0.15) is 5.15 Å². The van der Waals surface area contributed by atoms with Gasteiger partial charge in [-0.2, -0.15) is 0 Å². The molecule has 19 heavy (non-hydrogen) atoms. The summed E-state index contributed by atoms with van der Waals surface area (Å²) in [6, 6.07) is 11.4. The maximum atomic E-state index is 10.2. The molecule has 0 saturated heterocycles. The molecule has 2 aromatic heterocycles. The van der Waals surface area contributed by atoms with Crippen LogP contribution in [0, 0.1) is 0 Å². The van der Waals surface area contributed by atoms with Crippen LogP contribution in [0.4, 0.5) is 0 Å². The number of aliphatic hydroxyl groups is 1. The number of nitrogens with zero attached hydrogens (tertiary/aromatic N) is 2. The van der Waals surface area contributed by atoms with Crippen molar-refractivity contribution in [1.82, 2.24) is 9.97 Å². The van der Waals surface area contributed by atoms with E-state index in [0.29, 0.717) is 11.6 Å². The first-order valence-corrected chi connectivity index (χ1v) is 7.06. The highest BCUT2D eigenvalue weighted by Gasteiger charge is 2.12. The first-order valence-electron chi connectivity index (χ1n) is 5.86. The normalized spacial score (nSPS) is 12.7. The third kappa shape index (κ3) is 2.76. The summed E-state index contributed by atoms with van der Waals surface area (Å²) < 4.78 is 1.14. The van der Waals surface area contributed by atoms with Gasteiger partial charge < -0.3 is 5.11 Å². The lowest BCUT2D eigenvalue weighted by Crippen LogP contribution is -2.01. The van der Waals surface area contributed by atoms with Crippen molar-refractivity contribution in [2.45, 2.75) is 12.5 Å². The van der Waals surface area contributed by atoms with Crippen LogP contribution in [0.15, 0.2) is 42.6 Å². The Balaban J connectivity index is 1.82. The Hall–Kier alpha value is -1.49. The molecule has 0 aliphatic rings. The van der Waals surface area contributed by atoms with Gasteiger partial charge in [-0.15, -0.1) is 11.3 Å². The van der Waals surface area contributed by atoms with Crippen LogP contribution in [-0.2, 0) is 6.42 Å². The summed E-state index contributed by atoms with van der Waals surface area (Å²) in [6.07, 6.45) is 1.48. The number of pyridine rings is 1. The van der Waals surface area contributed by atoms with Crippen molar-refractivity contribution in [3.8, 4) is 0 Å². The van der Waals surface area contributed by atoms with Gasteiger partial charge >= 0.3 is 0 Å². The predicted octanol–water partition coefficient (Wildman–Crippen LogP) is 3.62. The van der Waals surface area contributed by atoms with E-state index in [1.54, 1.807) is 29.7 Å². The Morgan fingerprint density at radius 3 is 2.79 bits per heavy atom. The van der Waals surface area contributed by atoms with Gasteiger partial charge in [-0.05, 0) is 23.8 Å². The van der Waals surface area contributed by atoms with Crippen LogP contribution < -0.4 is 0 Å². The lowest BCUT2D eigenvalue weighted by Gasteiger charge is -2.08. The highest BCUT2D eigenvalue weighted by Crippen LogP contribution is 2.26. The van der Waals surface area contributed by atoms with Crippen molar-refractivity contribution in [1.29, 1.82) is 0 Å². The summed E-state index contributed by atoms with van der Waals surface area (Å²) in [5, 5.41) is 11.5. The second-order valence-corrected chi connectivity index (χ2v) is 5.71. The fourth-order valence-corrected chi connectivity index (χ4v) is 2.99. The van der Waals surface area contributed by atoms with E-state index in [1.807, 2.05) is 24.3 Å². The fourth-order valence-electron chi connectivity index (χ4n) is 1.87. The maximum Gasteiger partial charge on any atom is 0.129 e. The van der Waals surface area contributed by atoms with Gasteiger partial charge in [0, 0.05) is 12.6 Å². The molecule has 0 spiro atoms. The molecule has 3 nitrogen and oxygen atoms in total. The minimum absolute atomic E-state index is 0.427. The largest absolute Gasteiger partial charge is 0.388 e. The molecule has 1 N–H and O–H groups in total. The minimum atomic E-state index is -0.606. The molecule has 0 fully saturated rings. The van der Waals surface area contributed by atoms with Crippen LogP contribution in [0.5, 0.6) is 0 Å². The van der Waals surface area contributed by atoms with Crippen LogP contribution in [0.3, 0.4) is 0 Å². The number of aliphatic hydroxyl groups excluding tert-OH is 1. The molecule has 0 amide bonds. The molecular weight excluding hydrogens is 280 g/mol. The third-order valence-electron chi connectivity index (χ3n) is 2.84. The molecule has 1 aromatic carbocycles. The summed E-state index contributed by atoms with van der Waals surface area (Å²) in [7, 11) is 0. The minimum Gasteiger partial charge on any atom is -0.388 e. The topological polar surface area (TPSA) is 46.0 Å². The number of hydrogen-bond donors (Lipinski definition) is 1. The second kappa shape index (κ2) is 5.25. The number of rotatable bonds is 3. The summed E-state index contributed by atoms with van der Waals surface area (Å²) in [4.78, 5) is 8.48. The highest BCUT2D eigenvalue weighted by molar-refractivity contribution is 7.18. The summed E-state index contributed by atoms with van der Waals surface area (Å²) in [5.41, 5.74) is 1.73. The molecule has 2 heterocycles. The molecule has 0 saturated carbocycles. The Labute approximate surface area is 119 Å². The molecule has 0 aliphatic heterocycles. The quantitative estimate of drug-likeness (QED) is 0.749. The van der Waals surface area contributed by atoms with Crippen LogP contribution in [0.25, 0.3) is 10.2 Å². The maximum absolute atomic E-state index is 10.2. The first kappa shape index (κ1) is 12.5. The Kier molecular flexibility index (Phi) is 3.46. The Morgan fingerprint density at radius 2 is 2.05 bits per heavy atom. The molecule has 5 heteroatoms. The van der Waals surface area contributed by atoms with E-state index in [4.69, 9.17) is 11.6 Å². The molecule has 0 bridgehead atoms. The molecule has 1 atom stereocenters. The average Bonchev–Trinajstić information content (AvgIpc) is 2.81. The van der Waals surface area contributed by atoms with Crippen molar-refractivity contribution in [2.75, 3.05) is 0 Å². The zero-order valence-corrected chi connectivity index (χ0v) is 11.5. The lowest BCUT2D eigenvalue weighted by atomic mass is 10.1. The predicted molar refractivity (Wildman–Crippen MR) is 77.5 cm³/mol. The van der Waals surface area contributed by atoms with Gasteiger partial charge in [-0.25, -0.2) is 9.97 Å². The third-order valence-corrected chi connectivity index (χ3v) is 4.12. The summed E-state index contributed by atoms with van der Waals surface area (Å²) >= 11 is 7.33. The van der Waals surface area contributed by atoms with Gasteiger partial charge in [0.05, 0.1) is 21.3 Å². The highest BCUT2D eigenvalue weighted by atomic mass is 35.5. The smallest absolute Gasteiger partial charge is 0.129 e. The summed E-state index contributed by atoms with van der Waals surface area (Å²) in [6.45, 7) is 0. The van der Waals surface area contributed by atoms with E-state index in [1.165, 1.54) is 0 Å². The molecule has 0 radical (unpaired) electrons. The van der Waals surface area contributed by atoms with Crippen molar-refractivity contribution >= 4 is 33.2 Å². The lowest BCUT2D eigenvalue weighted by molar-refractivity contribution is 0.178. The van der Waals surface area contributed by atoms with E-state index in [2.05, 4.69) is 9.97 Å². The number of aromatic nitrogens is 2. The van der Waals surface area contributed by atoms with Crippen molar-refractivity contribution in [3.63, 3.8) is 0 Å². The van der Waals surface area contributed by atoms with Crippen LogP contribution in [0.1, 0.15) is 16.7 Å². The molecule has 96 valence electrons. The van der Waals surface area contributed by atoms with Gasteiger partial charge in [-0.1, -0.05) is 29.8 Å². The number of hydrogen-bond acceptors (Lipinski definition) is 4. The zero-order chi connectivity index (χ0) is 13.2. The molecule has 0 aliphatic carbocycles. The van der Waals surface area contributed by atoms with Crippen LogP contribution >= 0.6 is 22.9 Å². The average molecular weight is 291 g/mol. The van der Waals surface area contributed by atoms with Crippen molar-refractivity contribution < 1.29 is 5.11 Å². The zero-order valence-electron chi connectivity index (χ0n) is 9.95. The van der Waals surface area contributed by atoms with Crippen LogP contribution in [-0.4, -0.2) is 15.1 Å². The molecular formula is C14H11ClN2OS. The van der Waals surface area contributed by atoms with Gasteiger partial charge in [0.2, 0.25) is 0 Å². The monoisotopic (exact) mass is 290 g/mol. The van der Waals surface area contributed by atoms with E-state index in [0.717, 1.165) is 20.8 Å². The number of fused-ring (bicyclic) bond motifs is 1. The van der Waals surface area contributed by atoms with Crippen LogP contribution in [0.2, 0.25) is 5.15 Å². The van der Waals surface area contributed by atoms with E-state index < -0.39 is 6.10 Å². The molecule has 1 unspecified atom stereocenters. The number of halogens is 1. The Bertz CT molecular complexity index is 663. The standard InChI is InChI=1S/C14H11ClN2OS/c15-13-6-5-9(8-16-13)11(18)7-14-17-10-3-1-2-4-12(10)19-14/h1-6,8,11,18H,7H2. The second-order valence-electron chi connectivity index (χ2n) is 4.21. The van der Waals surface area contributed by atoms with E-state index >= 15 is 0 Å². The molecule has 3 aromatic rings. The fraction of sp³-hybridized carbons (Fsp3) is 0.143. The number of para-hydroxylation sites is 1. The number of benzene rings is 1. The Morgan fingerprint density at radius 1 is 1.21 bits per heavy atom. The number of thiazole rings is 1. The SMILES string of the molecule is OC(Cc1nc2ccccc2s1)c1ccc(Cl)nc1. The van der Waals surface area contributed by atoms with E-state index in [9.17, 15) is 5.11 Å². The van der Waals surface area contributed by atoms with E-state index in [-0.39, 0.29) is 0 Å².